The third-order valence-corrected chi connectivity index (χ3v) is 7.28. The highest BCUT2D eigenvalue weighted by atomic mass is 16.2. The molecule has 0 aliphatic carbocycles. The minimum Gasteiger partial charge on any atom is -0.370 e. The van der Waals surface area contributed by atoms with E-state index in [0.29, 0.717) is 25.1 Å². The van der Waals surface area contributed by atoms with Crippen LogP contribution in [0, 0.1) is 5.92 Å². The number of aliphatic imine (C=N–C) groups is 1. The molecule has 0 fully saturated rings. The summed E-state index contributed by atoms with van der Waals surface area (Å²) in [5.74, 6) is -4.53. The number of hydrazine groups is 1. The quantitative estimate of drug-likeness (QED) is 0.0245. The first-order valence-corrected chi connectivity index (χ1v) is 16.8. The van der Waals surface area contributed by atoms with E-state index in [-0.39, 0.29) is 50.5 Å². The Morgan fingerprint density at radius 3 is 1.84 bits per heavy atom. The highest BCUT2D eigenvalue weighted by Gasteiger charge is 2.32. The van der Waals surface area contributed by atoms with Gasteiger partial charge in [-0.25, -0.2) is 4.98 Å². The average molecular weight is 722 g/mol. The maximum Gasteiger partial charge on any atom is 0.260 e. The molecule has 1 rings (SSSR count). The predicted molar refractivity (Wildman–Crippen MR) is 188 cm³/mol. The molecule has 51 heavy (non-hydrogen) atoms. The number of carbonyl (C=O) groups is 7. The Hall–Kier alpha value is -5.27. The lowest BCUT2D eigenvalue weighted by Gasteiger charge is -2.27. The Bertz CT molecular complexity index is 1330. The van der Waals surface area contributed by atoms with Crippen LogP contribution in [-0.4, -0.2) is 101 Å². The van der Waals surface area contributed by atoms with Crippen molar-refractivity contribution in [2.75, 3.05) is 13.1 Å². The van der Waals surface area contributed by atoms with E-state index < -0.39 is 71.6 Å². The number of H-pyrrole nitrogens is 1. The van der Waals surface area contributed by atoms with Gasteiger partial charge in [0.2, 0.25) is 35.4 Å². The molecule has 0 aliphatic heterocycles. The van der Waals surface area contributed by atoms with Crippen LogP contribution in [0.25, 0.3) is 0 Å². The topological polar surface area (TPSA) is 323 Å². The fourth-order valence-electron chi connectivity index (χ4n) is 4.78. The fourth-order valence-corrected chi connectivity index (χ4v) is 4.78. The van der Waals surface area contributed by atoms with E-state index in [0.717, 1.165) is 0 Å². The largest absolute Gasteiger partial charge is 0.370 e. The summed E-state index contributed by atoms with van der Waals surface area (Å²) in [7, 11) is 0. The van der Waals surface area contributed by atoms with Crippen molar-refractivity contribution in [3.05, 3.63) is 18.2 Å². The first-order chi connectivity index (χ1) is 24.0. The lowest BCUT2D eigenvalue weighted by atomic mass is 10.0. The number of hydrogen-bond acceptors (Lipinski definition) is 10. The molecular formula is C31H55N13O7. The van der Waals surface area contributed by atoms with Crippen molar-refractivity contribution in [2.45, 2.75) is 110 Å². The van der Waals surface area contributed by atoms with Gasteiger partial charge in [0.05, 0.1) is 6.33 Å². The summed E-state index contributed by atoms with van der Waals surface area (Å²) >= 11 is 0. The number of guanidine groups is 1. The van der Waals surface area contributed by atoms with Gasteiger partial charge >= 0.3 is 0 Å². The monoisotopic (exact) mass is 721 g/mol. The number of aromatic amines is 1. The van der Waals surface area contributed by atoms with Gasteiger partial charge in [0.1, 0.15) is 30.2 Å². The van der Waals surface area contributed by atoms with Crippen LogP contribution in [0.2, 0.25) is 0 Å². The molecule has 20 nitrogen and oxygen atoms in total. The molecule has 0 unspecified atom stereocenters. The van der Waals surface area contributed by atoms with Crippen molar-refractivity contribution >= 4 is 47.3 Å². The van der Waals surface area contributed by atoms with E-state index in [1.807, 2.05) is 13.8 Å². The van der Waals surface area contributed by atoms with Crippen molar-refractivity contribution < 1.29 is 33.6 Å². The van der Waals surface area contributed by atoms with Gasteiger partial charge in [0.25, 0.3) is 5.91 Å². The average Bonchev–Trinajstić information content (AvgIpc) is 3.56. The Morgan fingerprint density at radius 2 is 1.29 bits per heavy atom. The summed E-state index contributed by atoms with van der Waals surface area (Å²) in [6.07, 6.45) is 4.53. The molecule has 0 radical (unpaired) electrons. The molecule has 0 saturated heterocycles. The third kappa shape index (κ3) is 18.3. The minimum atomic E-state index is -1.26. The van der Waals surface area contributed by atoms with E-state index in [9.17, 15) is 33.6 Å². The highest BCUT2D eigenvalue weighted by Crippen LogP contribution is 2.10. The molecule has 286 valence electrons. The van der Waals surface area contributed by atoms with Crippen molar-refractivity contribution in [1.29, 1.82) is 0 Å². The van der Waals surface area contributed by atoms with Crippen LogP contribution in [-0.2, 0) is 40.0 Å². The second kappa shape index (κ2) is 23.2. The maximum atomic E-state index is 13.8. The smallest absolute Gasteiger partial charge is 0.260 e. The Balaban J connectivity index is 3.30. The Kier molecular flexibility index (Phi) is 19.9. The first-order valence-electron chi connectivity index (χ1n) is 16.8. The molecule has 5 atom stereocenters. The summed E-state index contributed by atoms with van der Waals surface area (Å²) in [6, 6.07) is -5.51. The van der Waals surface area contributed by atoms with Gasteiger partial charge in [-0.05, 0) is 57.9 Å². The standard InChI is InChI=1S/C31H55N13O7/c1-17(2)13-24(41-26(47)18(3)38-19(4)45)28(49)39-22(9-6-7-11-32)27(48)42-25(14-21-15-35-16-37-21)29(50)40-23(10-8-12-36-31(33)34)30(51)44-43-20(5)46/h15-18,22-25H,6-14,32H2,1-5H3,(H,35,37)(H,38,45)(H,39,49)(H,40,50)(H,41,47)(H,42,48)(H,43,46)(H,44,51)(H4,33,34,36)/t18-,22-,23-,24-,25-/m0/s1. The number of unbranched alkanes of at least 4 members (excludes halogenated alkanes) is 1. The molecule has 0 bridgehead atoms. The normalized spacial score (nSPS) is 13.7. The molecule has 14 N–H and O–H groups in total. The van der Waals surface area contributed by atoms with Gasteiger partial charge in [0.15, 0.2) is 5.96 Å². The van der Waals surface area contributed by atoms with Crippen LogP contribution in [0.3, 0.4) is 0 Å². The van der Waals surface area contributed by atoms with Crippen LogP contribution in [0.15, 0.2) is 17.5 Å². The maximum absolute atomic E-state index is 13.8. The van der Waals surface area contributed by atoms with Crippen LogP contribution in [0.5, 0.6) is 0 Å². The molecule has 0 aliphatic rings. The Morgan fingerprint density at radius 1 is 0.725 bits per heavy atom. The van der Waals surface area contributed by atoms with Gasteiger partial charge in [-0.3, -0.25) is 49.4 Å². The van der Waals surface area contributed by atoms with Crippen molar-refractivity contribution in [1.82, 2.24) is 47.4 Å². The second-order valence-corrected chi connectivity index (χ2v) is 12.5. The molecule has 0 saturated carbocycles. The fraction of sp³-hybridized carbons (Fsp3) is 0.645. The van der Waals surface area contributed by atoms with Gasteiger partial charge in [-0.1, -0.05) is 13.8 Å². The second-order valence-electron chi connectivity index (χ2n) is 12.5. The number of amides is 7. The number of imidazole rings is 1. The van der Waals surface area contributed by atoms with Crippen molar-refractivity contribution in [2.24, 2.45) is 28.1 Å². The number of nitrogens with zero attached hydrogens (tertiary/aromatic N) is 2. The molecule has 0 aromatic carbocycles. The number of aromatic nitrogens is 2. The van der Waals surface area contributed by atoms with Crippen molar-refractivity contribution in [3.63, 3.8) is 0 Å². The first kappa shape index (κ1) is 43.8. The summed E-state index contributed by atoms with van der Waals surface area (Å²) in [4.78, 5) is 100. The molecule has 20 heteroatoms. The number of nitrogens with two attached hydrogens (primary N) is 3. The van der Waals surface area contributed by atoms with Gasteiger partial charge < -0.3 is 48.8 Å². The summed E-state index contributed by atoms with van der Waals surface area (Å²) in [5.41, 5.74) is 21.3. The summed E-state index contributed by atoms with van der Waals surface area (Å²) in [6.45, 7) is 8.15. The SMILES string of the molecule is CC(=O)NNC(=O)[C@H](CCCN=C(N)N)NC(=O)[C@H](Cc1cnc[nH]1)NC(=O)[C@H](CCCCN)NC(=O)[C@H](CC(C)C)NC(=O)[C@H](C)NC(C)=O. The van der Waals surface area contributed by atoms with E-state index in [4.69, 9.17) is 17.2 Å². The number of rotatable bonds is 22. The molecule has 1 heterocycles. The van der Waals surface area contributed by atoms with E-state index in [1.54, 1.807) is 0 Å². The van der Waals surface area contributed by atoms with Crippen LogP contribution in [0.1, 0.15) is 78.8 Å². The summed E-state index contributed by atoms with van der Waals surface area (Å²) < 4.78 is 0. The van der Waals surface area contributed by atoms with E-state index in [1.165, 1.54) is 33.3 Å². The lowest BCUT2D eigenvalue weighted by molar-refractivity contribution is -0.135. The number of carbonyl (C=O) groups excluding carboxylic acids is 7. The molecule has 1 aromatic heterocycles. The lowest BCUT2D eigenvalue weighted by Crippen LogP contribution is -2.60. The molecular weight excluding hydrogens is 666 g/mol. The number of hydrogen-bond donors (Lipinski definition) is 11. The zero-order valence-corrected chi connectivity index (χ0v) is 30.0. The minimum absolute atomic E-state index is 0.0284. The van der Waals surface area contributed by atoms with Crippen LogP contribution < -0.4 is 54.6 Å². The van der Waals surface area contributed by atoms with Gasteiger partial charge in [-0.15, -0.1) is 0 Å². The third-order valence-electron chi connectivity index (χ3n) is 7.28. The molecule has 7 amide bonds. The zero-order valence-electron chi connectivity index (χ0n) is 30.0. The van der Waals surface area contributed by atoms with Crippen LogP contribution >= 0.6 is 0 Å². The van der Waals surface area contributed by atoms with Gasteiger partial charge in [-0.2, -0.15) is 0 Å². The van der Waals surface area contributed by atoms with Crippen LogP contribution in [0.4, 0.5) is 0 Å². The van der Waals surface area contributed by atoms with Gasteiger partial charge in [0, 0.05) is 38.7 Å². The predicted octanol–water partition coefficient (Wildman–Crippen LogP) is -3.19. The Labute approximate surface area is 297 Å². The molecule has 1 aromatic rings. The zero-order chi connectivity index (χ0) is 38.5. The summed E-state index contributed by atoms with van der Waals surface area (Å²) in [5, 5.41) is 13.1. The molecule has 0 spiro atoms. The highest BCUT2D eigenvalue weighted by molar-refractivity contribution is 5.96. The van der Waals surface area contributed by atoms with E-state index >= 15 is 0 Å². The van der Waals surface area contributed by atoms with Crippen molar-refractivity contribution in [3.8, 4) is 0 Å². The number of nitrogens with one attached hydrogen (secondary N) is 8. The van der Waals surface area contributed by atoms with E-state index in [2.05, 4.69) is 52.4 Å².